The minimum Gasteiger partial charge on any atom is -0.737 e. The third-order valence-electron chi connectivity index (χ3n) is 1.35. The molecule has 0 saturated heterocycles. The fraction of sp³-hybridized carbons (Fsp3) is 0.714. The summed E-state index contributed by atoms with van der Waals surface area (Å²) in [7, 11) is 0. The van der Waals surface area contributed by atoms with Gasteiger partial charge in [-0.3, -0.25) is 0 Å². The van der Waals surface area contributed by atoms with Crippen LogP contribution >= 0.6 is 0 Å². The van der Waals surface area contributed by atoms with Crippen LogP contribution in [0, 0.1) is 10.4 Å². The van der Waals surface area contributed by atoms with E-state index in [1.807, 2.05) is 20.8 Å². The van der Waals surface area contributed by atoms with Crippen LogP contribution in [0.1, 0.15) is 20.8 Å². The molecule has 0 aliphatic carbocycles. The van der Waals surface area contributed by atoms with Gasteiger partial charge in [0.1, 0.15) is 0 Å². The Morgan fingerprint density at radius 3 is 2.23 bits per heavy atom. The first-order valence-corrected chi connectivity index (χ1v) is 3.62. The SMILES string of the molecule is C=CCN(/[N+]([O-])=N/[O-])C(C)(C)C.[Na+]. The van der Waals surface area contributed by atoms with Gasteiger partial charge in [-0.25, -0.2) is 0 Å². The number of hydrazine groups is 1. The predicted octanol–water partition coefficient (Wildman–Crippen LogP) is -1.35. The van der Waals surface area contributed by atoms with Crippen molar-refractivity contribution in [3.63, 3.8) is 0 Å². The summed E-state index contributed by atoms with van der Waals surface area (Å²) in [6.45, 7) is 9.22. The van der Waals surface area contributed by atoms with Gasteiger partial charge >= 0.3 is 29.6 Å². The zero-order valence-corrected chi connectivity index (χ0v) is 10.6. The molecule has 5 nitrogen and oxygen atoms in total. The first kappa shape index (κ1) is 15.2. The van der Waals surface area contributed by atoms with Crippen LogP contribution in [0.2, 0.25) is 0 Å². The largest absolute Gasteiger partial charge is 1.00 e. The average Bonchev–Trinajstić information content (AvgIpc) is 1.96. The van der Waals surface area contributed by atoms with E-state index < -0.39 is 5.54 Å². The molecule has 6 heteroatoms. The molecule has 0 aromatic heterocycles. The second kappa shape index (κ2) is 6.23. The number of hydrogen-bond donors (Lipinski definition) is 0. The summed E-state index contributed by atoms with van der Waals surface area (Å²) in [4.78, 5) is 0.0433. The summed E-state index contributed by atoms with van der Waals surface area (Å²) >= 11 is 0. The standard InChI is InChI=1S/C7H15N3O2.Na/c1-5-6-9(7(2,3)4)10(12)8-11;/h5,11H,1,6H2,2-4H3;/q;+1/p-1/b10-8-;. The van der Waals surface area contributed by atoms with Gasteiger partial charge in [0.25, 0.3) is 0 Å². The van der Waals surface area contributed by atoms with Crippen LogP contribution in [-0.4, -0.2) is 22.1 Å². The summed E-state index contributed by atoms with van der Waals surface area (Å²) in [5, 5.41) is 24.4. The Balaban J connectivity index is 0. The van der Waals surface area contributed by atoms with Gasteiger partial charge in [-0.1, -0.05) is 6.08 Å². The minimum absolute atomic E-state index is 0. The molecule has 0 rings (SSSR count). The van der Waals surface area contributed by atoms with Crippen LogP contribution in [0.4, 0.5) is 0 Å². The van der Waals surface area contributed by atoms with Crippen molar-refractivity contribution < 1.29 is 34.5 Å². The van der Waals surface area contributed by atoms with Gasteiger partial charge in [-0.05, 0) is 26.0 Å². The Morgan fingerprint density at radius 1 is 1.54 bits per heavy atom. The maximum absolute atomic E-state index is 10.9. The first-order chi connectivity index (χ1) is 5.43. The van der Waals surface area contributed by atoms with Gasteiger partial charge in [0.15, 0.2) is 0 Å². The molecule has 0 N–H and O–H groups in total. The smallest absolute Gasteiger partial charge is 0.737 e. The second-order valence-corrected chi connectivity index (χ2v) is 3.38. The molecule has 0 spiro atoms. The maximum atomic E-state index is 10.9. The molecule has 0 amide bonds. The average molecular weight is 195 g/mol. The van der Waals surface area contributed by atoms with E-state index in [1.165, 1.54) is 5.01 Å². The Kier molecular flexibility index (Phi) is 7.30. The summed E-state index contributed by atoms with van der Waals surface area (Å²) in [5.41, 5.74) is -0.427. The van der Waals surface area contributed by atoms with E-state index in [0.717, 1.165) is 0 Å². The van der Waals surface area contributed by atoms with E-state index in [0.29, 0.717) is 6.54 Å². The van der Waals surface area contributed by atoms with Crippen LogP contribution in [0.5, 0.6) is 0 Å². The molecule has 0 atom stereocenters. The monoisotopic (exact) mass is 195 g/mol. The van der Waals surface area contributed by atoms with Crippen molar-refractivity contribution in [1.29, 1.82) is 0 Å². The van der Waals surface area contributed by atoms with Gasteiger partial charge in [-0.15, -0.1) is 11.6 Å². The first-order valence-electron chi connectivity index (χ1n) is 3.62. The number of hydrogen-bond acceptors (Lipinski definition) is 3. The van der Waals surface area contributed by atoms with Crippen molar-refractivity contribution in [3.8, 4) is 0 Å². The van der Waals surface area contributed by atoms with Crippen LogP contribution in [0.25, 0.3) is 0 Å². The number of rotatable bonds is 3. The minimum atomic E-state index is -0.427. The molecule has 0 aromatic rings. The molecule has 0 aliphatic rings. The topological polar surface area (TPSA) is 64.7 Å². The van der Waals surface area contributed by atoms with Crippen molar-refractivity contribution in [2.24, 2.45) is 5.28 Å². The van der Waals surface area contributed by atoms with Gasteiger partial charge in [-0.2, -0.15) is 0 Å². The van der Waals surface area contributed by atoms with Gasteiger partial charge < -0.3 is 10.4 Å². The summed E-state index contributed by atoms with van der Waals surface area (Å²) in [6.07, 6.45) is 1.54. The van der Waals surface area contributed by atoms with Crippen molar-refractivity contribution in [2.75, 3.05) is 6.54 Å². The molecule has 13 heavy (non-hydrogen) atoms. The third kappa shape index (κ3) is 5.13. The molecular weight excluding hydrogens is 181 g/mol. The second-order valence-electron chi connectivity index (χ2n) is 3.38. The van der Waals surface area contributed by atoms with E-state index in [1.54, 1.807) is 6.08 Å². The summed E-state index contributed by atoms with van der Waals surface area (Å²) in [6, 6.07) is 0. The van der Waals surface area contributed by atoms with E-state index in [-0.39, 0.29) is 34.5 Å². The van der Waals surface area contributed by atoms with E-state index in [2.05, 4.69) is 11.9 Å². The van der Waals surface area contributed by atoms with Crippen molar-refractivity contribution in [1.82, 2.24) is 5.01 Å². The van der Waals surface area contributed by atoms with Gasteiger partial charge in [0.2, 0.25) is 0 Å². The fourth-order valence-electron chi connectivity index (χ4n) is 0.767. The molecule has 0 radical (unpaired) electrons. The Bertz CT molecular complexity index is 189. The van der Waals surface area contributed by atoms with Crippen LogP contribution in [0.3, 0.4) is 0 Å². The normalized spacial score (nSPS) is 11.8. The molecule has 0 aromatic carbocycles. The Labute approximate surface area is 101 Å². The molecule has 0 unspecified atom stereocenters. The molecule has 0 aliphatic heterocycles. The zero-order valence-electron chi connectivity index (χ0n) is 8.65. The molecule has 0 heterocycles. The molecular formula is C7H14N3NaO2. The van der Waals surface area contributed by atoms with Crippen molar-refractivity contribution >= 4 is 0 Å². The third-order valence-corrected chi connectivity index (χ3v) is 1.35. The van der Waals surface area contributed by atoms with Crippen LogP contribution in [-0.2, 0) is 0 Å². The molecule has 0 bridgehead atoms. The number of nitrogens with zero attached hydrogens (tertiary/aromatic N) is 3. The van der Waals surface area contributed by atoms with E-state index in [4.69, 9.17) is 0 Å². The Hall–Kier alpha value is -0.260. The summed E-state index contributed by atoms with van der Waals surface area (Å²) < 4.78 is 0. The molecule has 0 fully saturated rings. The molecule has 70 valence electrons. The van der Waals surface area contributed by atoms with Gasteiger partial charge in [0.05, 0.1) is 12.1 Å². The van der Waals surface area contributed by atoms with Gasteiger partial charge in [0, 0.05) is 4.97 Å². The Morgan fingerprint density at radius 2 is 2.00 bits per heavy atom. The van der Waals surface area contributed by atoms with Crippen molar-refractivity contribution in [3.05, 3.63) is 23.1 Å². The maximum Gasteiger partial charge on any atom is 1.00 e. The fourth-order valence-corrected chi connectivity index (χ4v) is 0.767. The summed E-state index contributed by atoms with van der Waals surface area (Å²) in [5.74, 6) is 0. The zero-order chi connectivity index (χ0) is 9.78. The predicted molar refractivity (Wildman–Crippen MR) is 46.1 cm³/mol. The van der Waals surface area contributed by atoms with Crippen molar-refractivity contribution in [2.45, 2.75) is 26.3 Å². The van der Waals surface area contributed by atoms with E-state index in [9.17, 15) is 10.4 Å². The van der Waals surface area contributed by atoms with Crippen LogP contribution in [0.15, 0.2) is 17.9 Å². The molecule has 0 saturated carbocycles. The van der Waals surface area contributed by atoms with Crippen LogP contribution < -0.4 is 29.6 Å². The quantitative estimate of drug-likeness (QED) is 0.184. The van der Waals surface area contributed by atoms with E-state index >= 15 is 0 Å².